The van der Waals surface area contributed by atoms with Crippen molar-refractivity contribution in [3.63, 3.8) is 0 Å². The third kappa shape index (κ3) is 1.04. The molecule has 0 heterocycles. The summed E-state index contributed by atoms with van der Waals surface area (Å²) in [6, 6.07) is 0. The van der Waals surface area contributed by atoms with Crippen LogP contribution in [0.5, 0.6) is 0 Å². The molecule has 0 aromatic heterocycles. The Labute approximate surface area is 52.3 Å². The van der Waals surface area contributed by atoms with E-state index in [9.17, 15) is 0 Å². The van der Waals surface area contributed by atoms with Crippen LogP contribution in [0.15, 0.2) is 0 Å². The second-order valence-electron chi connectivity index (χ2n) is 2.96. The fraction of sp³-hybridized carbons (Fsp3) is 0.875. The fourth-order valence-corrected chi connectivity index (χ4v) is 1.33. The molecule has 1 aliphatic rings. The lowest BCUT2D eigenvalue weighted by Crippen LogP contribution is -1.95. The van der Waals surface area contributed by atoms with E-state index in [1.807, 2.05) is 0 Å². The Bertz CT molecular complexity index is 70.1. The number of rotatable bonds is 3. The van der Waals surface area contributed by atoms with E-state index in [-0.39, 0.29) is 0 Å². The van der Waals surface area contributed by atoms with Crippen molar-refractivity contribution >= 4 is 0 Å². The van der Waals surface area contributed by atoms with E-state index < -0.39 is 0 Å². The van der Waals surface area contributed by atoms with Gasteiger partial charge in [-0.05, 0) is 24.7 Å². The first kappa shape index (κ1) is 6.12. The van der Waals surface area contributed by atoms with E-state index in [1.54, 1.807) is 0 Å². The third-order valence-electron chi connectivity index (χ3n) is 2.41. The van der Waals surface area contributed by atoms with Crippen LogP contribution in [-0.4, -0.2) is 0 Å². The van der Waals surface area contributed by atoms with Gasteiger partial charge in [-0.2, -0.15) is 0 Å². The summed E-state index contributed by atoms with van der Waals surface area (Å²) >= 11 is 0. The molecule has 0 aromatic rings. The van der Waals surface area contributed by atoms with Crippen molar-refractivity contribution in [1.29, 1.82) is 0 Å². The van der Waals surface area contributed by atoms with Gasteiger partial charge in [0.15, 0.2) is 0 Å². The molecular weight excluding hydrogens is 96.1 g/mol. The predicted octanol–water partition coefficient (Wildman–Crippen LogP) is 2.79. The third-order valence-corrected chi connectivity index (χ3v) is 2.41. The molecular formula is C8H15. The van der Waals surface area contributed by atoms with Crippen LogP contribution < -0.4 is 0 Å². The van der Waals surface area contributed by atoms with E-state index in [0.717, 1.165) is 11.8 Å². The van der Waals surface area contributed by atoms with Crippen molar-refractivity contribution in [2.75, 3.05) is 0 Å². The largest absolute Gasteiger partial charge is 0.0649 e. The van der Waals surface area contributed by atoms with Crippen molar-refractivity contribution in [3.8, 4) is 0 Å². The second-order valence-corrected chi connectivity index (χ2v) is 2.96. The first-order chi connectivity index (χ1) is 3.83. The van der Waals surface area contributed by atoms with Gasteiger partial charge in [-0.25, -0.2) is 0 Å². The molecule has 0 saturated heterocycles. The highest BCUT2D eigenvalue weighted by Gasteiger charge is 2.38. The van der Waals surface area contributed by atoms with E-state index in [2.05, 4.69) is 13.8 Å². The van der Waals surface area contributed by atoms with Gasteiger partial charge >= 0.3 is 0 Å². The van der Waals surface area contributed by atoms with Gasteiger partial charge in [0, 0.05) is 0 Å². The topological polar surface area (TPSA) is 0 Å². The van der Waals surface area contributed by atoms with Gasteiger partial charge in [0.1, 0.15) is 0 Å². The number of hydrogen-bond acceptors (Lipinski definition) is 0. The molecule has 0 aliphatic heterocycles. The van der Waals surface area contributed by atoms with E-state index in [1.165, 1.54) is 25.7 Å². The van der Waals surface area contributed by atoms with Gasteiger partial charge in [0.25, 0.3) is 0 Å². The predicted molar refractivity (Wildman–Crippen MR) is 36.5 cm³/mol. The minimum absolute atomic E-state index is 0.780. The lowest BCUT2D eigenvalue weighted by atomic mass is 9.98. The van der Waals surface area contributed by atoms with Gasteiger partial charge < -0.3 is 0 Å². The summed E-state index contributed by atoms with van der Waals surface area (Å²) in [5.74, 6) is 0. The zero-order chi connectivity index (χ0) is 6.04. The number of hydrogen-bond donors (Lipinski definition) is 0. The summed E-state index contributed by atoms with van der Waals surface area (Å²) in [5, 5.41) is 0. The smallest absolute Gasteiger partial charge is 0.0300 e. The maximum atomic E-state index is 3.86. The molecule has 1 saturated carbocycles. The van der Waals surface area contributed by atoms with Gasteiger partial charge in [0.05, 0.1) is 0 Å². The highest BCUT2D eigenvalue weighted by Crippen LogP contribution is 2.52. The average Bonchev–Trinajstić information content (AvgIpc) is 2.50. The van der Waals surface area contributed by atoms with Gasteiger partial charge in [-0.1, -0.05) is 26.7 Å². The Morgan fingerprint density at radius 2 is 2.12 bits per heavy atom. The Balaban J connectivity index is 2.20. The van der Waals surface area contributed by atoms with E-state index in [4.69, 9.17) is 0 Å². The maximum absolute atomic E-state index is 3.86. The molecule has 0 heteroatoms. The van der Waals surface area contributed by atoms with Gasteiger partial charge in [-0.15, -0.1) is 0 Å². The van der Waals surface area contributed by atoms with E-state index in [0.29, 0.717) is 0 Å². The summed E-state index contributed by atoms with van der Waals surface area (Å²) in [4.78, 5) is 0. The SMILES string of the molecule is [CH2]CCC1(CC)CC1. The lowest BCUT2D eigenvalue weighted by Gasteiger charge is -2.07. The van der Waals surface area contributed by atoms with Crippen molar-refractivity contribution in [2.45, 2.75) is 39.0 Å². The minimum Gasteiger partial charge on any atom is -0.0649 e. The van der Waals surface area contributed by atoms with E-state index >= 15 is 0 Å². The highest BCUT2D eigenvalue weighted by atomic mass is 14.4. The lowest BCUT2D eigenvalue weighted by molar-refractivity contribution is 0.454. The van der Waals surface area contributed by atoms with Gasteiger partial charge in [0.2, 0.25) is 0 Å². The van der Waals surface area contributed by atoms with Crippen LogP contribution in [0.1, 0.15) is 39.0 Å². The molecule has 1 aliphatic carbocycles. The summed E-state index contributed by atoms with van der Waals surface area (Å²) < 4.78 is 0. The van der Waals surface area contributed by atoms with Crippen molar-refractivity contribution < 1.29 is 0 Å². The molecule has 0 aromatic carbocycles. The van der Waals surface area contributed by atoms with Crippen LogP contribution in [0.4, 0.5) is 0 Å². The van der Waals surface area contributed by atoms with Crippen molar-refractivity contribution in [2.24, 2.45) is 5.41 Å². The van der Waals surface area contributed by atoms with Crippen LogP contribution in [0, 0.1) is 12.3 Å². The molecule has 1 radical (unpaired) electrons. The Morgan fingerprint density at radius 3 is 2.25 bits per heavy atom. The van der Waals surface area contributed by atoms with Crippen molar-refractivity contribution in [3.05, 3.63) is 6.92 Å². The zero-order valence-electron chi connectivity index (χ0n) is 5.74. The van der Waals surface area contributed by atoms with Crippen LogP contribution in [0.25, 0.3) is 0 Å². The zero-order valence-corrected chi connectivity index (χ0v) is 5.74. The minimum atomic E-state index is 0.780. The molecule has 1 rings (SSSR count). The van der Waals surface area contributed by atoms with Crippen LogP contribution in [0.3, 0.4) is 0 Å². The monoisotopic (exact) mass is 111 g/mol. The average molecular weight is 111 g/mol. The first-order valence-corrected chi connectivity index (χ1v) is 3.62. The standard InChI is InChI=1S/C8H15/c1-3-5-8(4-2)6-7-8/h1,3-7H2,2H3. The Morgan fingerprint density at radius 1 is 1.50 bits per heavy atom. The molecule has 8 heavy (non-hydrogen) atoms. The molecule has 0 unspecified atom stereocenters. The normalized spacial score (nSPS) is 23.2. The molecule has 0 spiro atoms. The second kappa shape index (κ2) is 2.08. The molecule has 0 atom stereocenters. The quantitative estimate of drug-likeness (QED) is 0.525. The van der Waals surface area contributed by atoms with Gasteiger partial charge in [-0.3, -0.25) is 0 Å². The molecule has 0 N–H and O–H groups in total. The van der Waals surface area contributed by atoms with Crippen LogP contribution in [0.2, 0.25) is 0 Å². The highest BCUT2D eigenvalue weighted by molar-refractivity contribution is 4.91. The Hall–Kier alpha value is 0. The molecule has 0 nitrogen and oxygen atoms in total. The summed E-state index contributed by atoms with van der Waals surface area (Å²) in [6.45, 7) is 6.15. The van der Waals surface area contributed by atoms with Crippen LogP contribution >= 0.6 is 0 Å². The first-order valence-electron chi connectivity index (χ1n) is 3.62. The molecule has 1 fully saturated rings. The van der Waals surface area contributed by atoms with Crippen molar-refractivity contribution in [1.82, 2.24) is 0 Å². The molecule has 47 valence electrons. The Kier molecular flexibility index (Phi) is 1.59. The maximum Gasteiger partial charge on any atom is -0.0300 e. The summed E-state index contributed by atoms with van der Waals surface area (Å²) in [7, 11) is 0. The molecule has 0 bridgehead atoms. The fourth-order valence-electron chi connectivity index (χ4n) is 1.33. The van der Waals surface area contributed by atoms with Crippen LogP contribution in [-0.2, 0) is 0 Å². The molecule has 0 amide bonds. The summed E-state index contributed by atoms with van der Waals surface area (Å²) in [5.41, 5.74) is 0.780. The summed E-state index contributed by atoms with van der Waals surface area (Å²) in [6.07, 6.45) is 6.82.